The Kier molecular flexibility index (Phi) is 2.25. The van der Waals surface area contributed by atoms with Crippen LogP contribution in [0.1, 0.15) is 6.42 Å². The minimum atomic E-state index is -4.37. The Morgan fingerprint density at radius 1 is 1.40 bits per heavy atom. The molecule has 0 aromatic carbocycles. The van der Waals surface area contributed by atoms with Crippen LogP contribution in [-0.2, 0) is 0 Å². The number of halogens is 3. The molecule has 0 aromatic heterocycles. The first-order valence-electron chi connectivity index (χ1n) is 4.61. The highest BCUT2D eigenvalue weighted by molar-refractivity contribution is 5.39. The molecule has 1 aliphatic heterocycles. The van der Waals surface area contributed by atoms with Gasteiger partial charge in [-0.3, -0.25) is 0 Å². The van der Waals surface area contributed by atoms with E-state index in [1.165, 1.54) is 12.2 Å². The van der Waals surface area contributed by atoms with Gasteiger partial charge in [0.15, 0.2) is 0 Å². The minimum Gasteiger partial charge on any atom is -0.512 e. The topological polar surface area (TPSA) is 32.3 Å². The molecule has 1 heterocycles. The summed E-state index contributed by atoms with van der Waals surface area (Å²) in [4.78, 5) is 0. The molecule has 1 unspecified atom stereocenters. The van der Waals surface area contributed by atoms with E-state index in [0.717, 1.165) is 6.08 Å². The Bertz CT molecular complexity index is 365. The van der Waals surface area contributed by atoms with Gasteiger partial charge in [0, 0.05) is 12.2 Å². The summed E-state index contributed by atoms with van der Waals surface area (Å²) in [7, 11) is 0. The molecule has 0 amide bonds. The molecule has 15 heavy (non-hydrogen) atoms. The summed E-state index contributed by atoms with van der Waals surface area (Å²) in [5.41, 5.74) is -0.594. The van der Waals surface area contributed by atoms with E-state index in [1.807, 2.05) is 0 Å². The molecule has 0 fully saturated rings. The molecule has 0 saturated carbocycles. The summed E-state index contributed by atoms with van der Waals surface area (Å²) in [6.45, 7) is 0.241. The number of allylic oxidation sites excluding steroid dienone is 3. The van der Waals surface area contributed by atoms with Crippen molar-refractivity contribution >= 4 is 0 Å². The number of fused-ring (bicyclic) bond motifs is 1. The van der Waals surface area contributed by atoms with Crippen molar-refractivity contribution in [1.29, 1.82) is 0 Å². The van der Waals surface area contributed by atoms with Gasteiger partial charge in [0.2, 0.25) is 0 Å². The maximum absolute atomic E-state index is 12.6. The van der Waals surface area contributed by atoms with E-state index in [0.29, 0.717) is 6.42 Å². The van der Waals surface area contributed by atoms with Gasteiger partial charge >= 0.3 is 6.18 Å². The highest BCUT2D eigenvalue weighted by atomic mass is 19.4. The Morgan fingerprint density at radius 3 is 2.80 bits per heavy atom. The quantitative estimate of drug-likeness (QED) is 0.653. The molecule has 1 atom stereocenters. The van der Waals surface area contributed by atoms with E-state index in [1.54, 1.807) is 0 Å². The molecule has 1 aliphatic carbocycles. The van der Waals surface area contributed by atoms with Gasteiger partial charge in [-0.05, 0) is 12.5 Å². The summed E-state index contributed by atoms with van der Waals surface area (Å²) in [5, 5.41) is 12.2. The molecule has 0 radical (unpaired) electrons. The van der Waals surface area contributed by atoms with Crippen LogP contribution in [0.15, 0.2) is 35.3 Å². The van der Waals surface area contributed by atoms with Crippen molar-refractivity contribution in [2.75, 3.05) is 6.54 Å². The predicted molar refractivity (Wildman–Crippen MR) is 49.0 cm³/mol. The van der Waals surface area contributed by atoms with Crippen LogP contribution < -0.4 is 5.32 Å². The zero-order chi connectivity index (χ0) is 11.1. The van der Waals surface area contributed by atoms with E-state index in [9.17, 15) is 18.3 Å². The third kappa shape index (κ3) is 1.73. The van der Waals surface area contributed by atoms with E-state index in [2.05, 4.69) is 5.32 Å². The molecule has 0 aromatic rings. The van der Waals surface area contributed by atoms with Crippen LogP contribution in [0.4, 0.5) is 13.2 Å². The fourth-order valence-corrected chi connectivity index (χ4v) is 1.86. The van der Waals surface area contributed by atoms with Crippen LogP contribution in [0.25, 0.3) is 0 Å². The lowest BCUT2D eigenvalue weighted by atomic mass is 9.88. The second-order valence-corrected chi connectivity index (χ2v) is 3.53. The monoisotopic (exact) mass is 217 g/mol. The fraction of sp³-hybridized carbons (Fsp3) is 0.400. The summed E-state index contributed by atoms with van der Waals surface area (Å²) < 4.78 is 37.8. The normalized spacial score (nSPS) is 25.8. The van der Waals surface area contributed by atoms with Gasteiger partial charge in [-0.25, -0.2) is 0 Å². The molecule has 2 aliphatic rings. The second kappa shape index (κ2) is 3.32. The van der Waals surface area contributed by atoms with Gasteiger partial charge in [0.05, 0.1) is 17.3 Å². The smallest absolute Gasteiger partial charge is 0.418 e. The van der Waals surface area contributed by atoms with Gasteiger partial charge in [0.1, 0.15) is 0 Å². The maximum atomic E-state index is 12.6. The number of aliphatic hydroxyl groups excluding tert-OH is 1. The lowest BCUT2D eigenvalue weighted by Gasteiger charge is -2.29. The second-order valence-electron chi connectivity index (χ2n) is 3.53. The van der Waals surface area contributed by atoms with Crippen molar-refractivity contribution in [2.24, 2.45) is 5.92 Å². The van der Waals surface area contributed by atoms with Crippen molar-refractivity contribution in [3.05, 3.63) is 35.3 Å². The molecule has 0 spiro atoms. The van der Waals surface area contributed by atoms with Crippen molar-refractivity contribution < 1.29 is 18.3 Å². The third-order valence-electron chi connectivity index (χ3n) is 2.56. The van der Waals surface area contributed by atoms with Gasteiger partial charge in [-0.2, -0.15) is 13.2 Å². The number of rotatable bonds is 0. The van der Waals surface area contributed by atoms with Gasteiger partial charge in [0.25, 0.3) is 0 Å². The van der Waals surface area contributed by atoms with Crippen molar-refractivity contribution in [2.45, 2.75) is 12.6 Å². The van der Waals surface area contributed by atoms with E-state index >= 15 is 0 Å². The average Bonchev–Trinajstić information content (AvgIpc) is 2.16. The minimum absolute atomic E-state index is 0.0230. The van der Waals surface area contributed by atoms with Crippen LogP contribution in [0.3, 0.4) is 0 Å². The van der Waals surface area contributed by atoms with E-state index in [-0.39, 0.29) is 18.0 Å². The van der Waals surface area contributed by atoms with Crippen molar-refractivity contribution in [3.8, 4) is 0 Å². The fourth-order valence-electron chi connectivity index (χ4n) is 1.86. The number of aliphatic hydroxyl groups is 1. The molecule has 82 valence electrons. The highest BCUT2D eigenvalue weighted by Crippen LogP contribution is 2.38. The van der Waals surface area contributed by atoms with Crippen LogP contribution in [0, 0.1) is 5.92 Å². The Labute approximate surface area is 84.8 Å². The predicted octanol–water partition coefficient (Wildman–Crippen LogP) is 2.42. The molecule has 5 heteroatoms. The summed E-state index contributed by atoms with van der Waals surface area (Å²) in [6, 6.07) is 0. The summed E-state index contributed by atoms with van der Waals surface area (Å²) in [5.74, 6) is -0.532. The van der Waals surface area contributed by atoms with Gasteiger partial charge in [-0.15, -0.1) is 0 Å². The van der Waals surface area contributed by atoms with Crippen molar-refractivity contribution in [1.82, 2.24) is 5.32 Å². The first kappa shape index (κ1) is 10.1. The molecule has 2 N–H and O–H groups in total. The largest absolute Gasteiger partial charge is 0.512 e. The zero-order valence-corrected chi connectivity index (χ0v) is 7.80. The van der Waals surface area contributed by atoms with E-state index < -0.39 is 17.7 Å². The number of hydrogen-bond acceptors (Lipinski definition) is 2. The number of nitrogens with one attached hydrogen (secondary N) is 1. The average molecular weight is 217 g/mol. The number of hydrogen-bond donors (Lipinski definition) is 2. The summed E-state index contributed by atoms with van der Waals surface area (Å²) in [6.07, 6.45) is 0.0478. The van der Waals surface area contributed by atoms with Crippen molar-refractivity contribution in [3.63, 3.8) is 0 Å². The molecule has 0 bridgehead atoms. The zero-order valence-electron chi connectivity index (χ0n) is 7.80. The molecular formula is C10H10F3NO. The maximum Gasteiger partial charge on any atom is 0.418 e. The third-order valence-corrected chi connectivity index (χ3v) is 2.56. The first-order valence-corrected chi connectivity index (χ1v) is 4.61. The first-order chi connectivity index (χ1) is 7.00. The molecule has 2 rings (SSSR count). The highest BCUT2D eigenvalue weighted by Gasteiger charge is 2.39. The Morgan fingerprint density at radius 2 is 2.13 bits per heavy atom. The standard InChI is InChI=1S/C10H10F3NO/c11-10(12,13)7-3-1-2-6-8(15)4-5-14-9(6)7/h1,3-4,6,14-15H,2,5H2. The van der Waals surface area contributed by atoms with Crippen LogP contribution in [0.2, 0.25) is 0 Å². The Balaban J connectivity index is 2.45. The SMILES string of the molecule is OC1=CCNC2=C(C(F)(F)F)C=CCC12. The van der Waals surface area contributed by atoms with Crippen LogP contribution in [-0.4, -0.2) is 17.8 Å². The lowest BCUT2D eigenvalue weighted by Crippen LogP contribution is -2.33. The van der Waals surface area contributed by atoms with Crippen LogP contribution in [0.5, 0.6) is 0 Å². The lowest BCUT2D eigenvalue weighted by molar-refractivity contribution is -0.0901. The van der Waals surface area contributed by atoms with Gasteiger partial charge < -0.3 is 10.4 Å². The molecule has 2 nitrogen and oxygen atoms in total. The van der Waals surface area contributed by atoms with Gasteiger partial charge in [-0.1, -0.05) is 12.2 Å². The Hall–Kier alpha value is -1.39. The summed E-state index contributed by atoms with van der Waals surface area (Å²) >= 11 is 0. The number of alkyl halides is 3. The van der Waals surface area contributed by atoms with Crippen LogP contribution >= 0.6 is 0 Å². The molecular weight excluding hydrogens is 207 g/mol. The molecule has 0 saturated heterocycles. The van der Waals surface area contributed by atoms with E-state index in [4.69, 9.17) is 0 Å².